The Balaban J connectivity index is 1.31. The summed E-state index contributed by atoms with van der Waals surface area (Å²) in [5.41, 5.74) is 9.86. The van der Waals surface area contributed by atoms with Gasteiger partial charge in [0.15, 0.2) is 17.2 Å². The summed E-state index contributed by atoms with van der Waals surface area (Å²) in [7, 11) is 0. The van der Waals surface area contributed by atoms with Crippen molar-refractivity contribution in [1.82, 2.24) is 19.5 Å². The molecule has 10 aromatic rings. The van der Waals surface area contributed by atoms with Gasteiger partial charge in [0.25, 0.3) is 0 Å². The lowest BCUT2D eigenvalue weighted by atomic mass is 10.0. The van der Waals surface area contributed by atoms with Crippen molar-refractivity contribution < 1.29 is 4.42 Å². The fourth-order valence-corrected chi connectivity index (χ4v) is 7.08. The molecule has 0 atom stereocenters. The molecule has 0 amide bonds. The topological polar surface area (TPSA) is 56.7 Å². The maximum Gasteiger partial charge on any atom is 0.238 e. The molecule has 0 spiro atoms. The molecule has 5 nitrogen and oxygen atoms in total. The second-order valence-electron chi connectivity index (χ2n) is 12.5. The molecule has 0 aliphatic carbocycles. The highest BCUT2D eigenvalue weighted by Gasteiger charge is 2.22. The maximum atomic E-state index is 6.67. The van der Waals surface area contributed by atoms with Crippen molar-refractivity contribution >= 4 is 43.7 Å². The largest absolute Gasteiger partial charge is 0.454 e. The monoisotopic (exact) mass is 640 g/mol. The first-order chi connectivity index (χ1) is 24.8. The van der Waals surface area contributed by atoms with E-state index >= 15 is 0 Å². The minimum atomic E-state index is 0.525. The predicted octanol–water partition coefficient (Wildman–Crippen LogP) is 11.5. The molecule has 3 heterocycles. The Morgan fingerprint density at radius 3 is 1.68 bits per heavy atom. The van der Waals surface area contributed by atoms with Crippen LogP contribution in [0.1, 0.15) is 0 Å². The van der Waals surface area contributed by atoms with E-state index in [1.165, 1.54) is 0 Å². The van der Waals surface area contributed by atoms with Gasteiger partial charge in [0.1, 0.15) is 11.1 Å². The van der Waals surface area contributed by atoms with E-state index in [0.717, 1.165) is 77.1 Å². The fraction of sp³-hybridized carbons (Fsp3) is 0. The minimum absolute atomic E-state index is 0.525. The smallest absolute Gasteiger partial charge is 0.238 e. The number of benzene rings is 7. The molecular formula is C45H28N4O. The standard InChI is InChI=1S/C45H28N4O/c1-4-13-29(14-5-1)32-19-12-20-34(27-32)44-46-43(31-17-8-3-9-18-31)47-45(48-44)49-39-28-33(30-15-6-2-7-16-30)23-24-35(39)37-25-26-38-36-21-10-11-22-40(36)50-42(38)41(37)49/h1-28H. The molecule has 0 saturated carbocycles. The lowest BCUT2D eigenvalue weighted by Gasteiger charge is -2.12. The summed E-state index contributed by atoms with van der Waals surface area (Å²) in [5, 5.41) is 4.29. The van der Waals surface area contributed by atoms with Crippen LogP contribution in [0.2, 0.25) is 0 Å². The normalized spacial score (nSPS) is 11.6. The highest BCUT2D eigenvalue weighted by atomic mass is 16.3. The molecule has 0 fully saturated rings. The van der Waals surface area contributed by atoms with Gasteiger partial charge in [-0.05, 0) is 46.5 Å². The number of hydrogen-bond donors (Lipinski definition) is 0. The minimum Gasteiger partial charge on any atom is -0.454 e. The second-order valence-corrected chi connectivity index (χ2v) is 12.5. The van der Waals surface area contributed by atoms with Gasteiger partial charge < -0.3 is 4.42 Å². The lowest BCUT2D eigenvalue weighted by Crippen LogP contribution is -2.06. The Hall–Kier alpha value is -6.85. The first kappa shape index (κ1) is 28.2. The molecule has 10 rings (SSSR count). The Morgan fingerprint density at radius 2 is 0.940 bits per heavy atom. The molecule has 0 saturated heterocycles. The van der Waals surface area contributed by atoms with Crippen LogP contribution in [0.15, 0.2) is 174 Å². The number of furan rings is 1. The van der Waals surface area contributed by atoms with Crippen molar-refractivity contribution in [3.63, 3.8) is 0 Å². The SMILES string of the molecule is c1ccc(-c2cccc(-c3nc(-c4ccccc4)nc(-n4c5cc(-c6ccccc6)ccc5c5ccc6c7ccccc7oc6c54)n3)c2)cc1. The van der Waals surface area contributed by atoms with Crippen molar-refractivity contribution in [2.75, 3.05) is 0 Å². The number of hydrogen-bond acceptors (Lipinski definition) is 4. The van der Waals surface area contributed by atoms with Crippen LogP contribution in [-0.2, 0) is 0 Å². The summed E-state index contributed by atoms with van der Waals surface area (Å²) in [6.07, 6.45) is 0. The van der Waals surface area contributed by atoms with E-state index in [1.54, 1.807) is 0 Å². The van der Waals surface area contributed by atoms with Gasteiger partial charge in [0, 0.05) is 32.7 Å². The van der Waals surface area contributed by atoms with Crippen LogP contribution in [0, 0.1) is 0 Å². The summed E-state index contributed by atoms with van der Waals surface area (Å²) in [6, 6.07) is 58.6. The van der Waals surface area contributed by atoms with Crippen LogP contribution in [0.5, 0.6) is 0 Å². The summed E-state index contributed by atoms with van der Waals surface area (Å²) in [5.74, 6) is 1.72. The molecular weight excluding hydrogens is 613 g/mol. The van der Waals surface area contributed by atoms with Crippen LogP contribution in [0.25, 0.3) is 94.7 Å². The van der Waals surface area contributed by atoms with Gasteiger partial charge in [0.05, 0.1) is 5.52 Å². The molecule has 7 aromatic carbocycles. The first-order valence-electron chi connectivity index (χ1n) is 16.7. The Labute approximate surface area is 287 Å². The fourth-order valence-electron chi connectivity index (χ4n) is 7.08. The Morgan fingerprint density at radius 1 is 0.380 bits per heavy atom. The third-order valence-electron chi connectivity index (χ3n) is 9.46. The predicted molar refractivity (Wildman–Crippen MR) is 203 cm³/mol. The van der Waals surface area contributed by atoms with Crippen LogP contribution in [-0.4, -0.2) is 19.5 Å². The van der Waals surface area contributed by atoms with E-state index in [2.05, 4.69) is 120 Å². The van der Waals surface area contributed by atoms with Gasteiger partial charge in [-0.25, -0.2) is 4.98 Å². The van der Waals surface area contributed by atoms with Crippen molar-refractivity contribution in [2.24, 2.45) is 0 Å². The third-order valence-corrected chi connectivity index (χ3v) is 9.46. The quantitative estimate of drug-likeness (QED) is 0.188. The highest BCUT2D eigenvalue weighted by molar-refractivity contribution is 6.21. The summed E-state index contributed by atoms with van der Waals surface area (Å²) >= 11 is 0. The maximum absolute atomic E-state index is 6.67. The van der Waals surface area contributed by atoms with Gasteiger partial charge in [-0.2, -0.15) is 9.97 Å². The van der Waals surface area contributed by atoms with Crippen LogP contribution in [0.3, 0.4) is 0 Å². The van der Waals surface area contributed by atoms with Gasteiger partial charge in [-0.15, -0.1) is 0 Å². The molecule has 50 heavy (non-hydrogen) atoms. The highest BCUT2D eigenvalue weighted by Crippen LogP contribution is 2.41. The van der Waals surface area contributed by atoms with Gasteiger partial charge in [0.2, 0.25) is 5.95 Å². The van der Waals surface area contributed by atoms with Gasteiger partial charge in [-0.3, -0.25) is 4.57 Å². The zero-order valence-electron chi connectivity index (χ0n) is 26.9. The molecule has 0 aliphatic heterocycles. The molecule has 0 bridgehead atoms. The van der Waals surface area contributed by atoms with E-state index < -0.39 is 0 Å². The molecule has 234 valence electrons. The number of fused-ring (bicyclic) bond motifs is 7. The molecule has 0 aliphatic rings. The summed E-state index contributed by atoms with van der Waals surface area (Å²) in [6.45, 7) is 0. The van der Waals surface area contributed by atoms with E-state index in [4.69, 9.17) is 19.4 Å². The van der Waals surface area contributed by atoms with Crippen LogP contribution >= 0.6 is 0 Å². The number of nitrogens with zero attached hydrogens (tertiary/aromatic N) is 4. The van der Waals surface area contributed by atoms with E-state index in [0.29, 0.717) is 17.6 Å². The Kier molecular flexibility index (Phi) is 6.42. The molecule has 3 aromatic heterocycles. The second kappa shape index (κ2) is 11.4. The zero-order chi connectivity index (χ0) is 33.0. The van der Waals surface area contributed by atoms with Crippen molar-refractivity contribution in [3.05, 3.63) is 170 Å². The molecule has 0 N–H and O–H groups in total. The molecule has 5 heteroatoms. The van der Waals surface area contributed by atoms with Gasteiger partial charge >= 0.3 is 0 Å². The summed E-state index contributed by atoms with van der Waals surface area (Å²) < 4.78 is 8.84. The molecule has 0 radical (unpaired) electrons. The van der Waals surface area contributed by atoms with Crippen LogP contribution < -0.4 is 0 Å². The average molecular weight is 641 g/mol. The molecule has 0 unspecified atom stereocenters. The van der Waals surface area contributed by atoms with Gasteiger partial charge in [-0.1, -0.05) is 146 Å². The van der Waals surface area contributed by atoms with Crippen molar-refractivity contribution in [2.45, 2.75) is 0 Å². The number of rotatable bonds is 5. The van der Waals surface area contributed by atoms with Crippen molar-refractivity contribution in [3.8, 4) is 51.0 Å². The third kappa shape index (κ3) is 4.60. The van der Waals surface area contributed by atoms with E-state index in [1.807, 2.05) is 54.6 Å². The number of aromatic nitrogens is 4. The van der Waals surface area contributed by atoms with Crippen molar-refractivity contribution in [1.29, 1.82) is 0 Å². The van der Waals surface area contributed by atoms with E-state index in [9.17, 15) is 0 Å². The first-order valence-corrected chi connectivity index (χ1v) is 16.7. The number of para-hydroxylation sites is 1. The lowest BCUT2D eigenvalue weighted by molar-refractivity contribution is 0.670. The van der Waals surface area contributed by atoms with E-state index in [-0.39, 0.29) is 0 Å². The Bertz CT molecular complexity index is 2860. The zero-order valence-corrected chi connectivity index (χ0v) is 26.9. The summed E-state index contributed by atoms with van der Waals surface area (Å²) in [4.78, 5) is 15.6. The average Bonchev–Trinajstić information content (AvgIpc) is 3.74. The van der Waals surface area contributed by atoms with Crippen LogP contribution in [0.4, 0.5) is 0 Å².